The van der Waals surface area contributed by atoms with E-state index in [0.717, 1.165) is 16.1 Å². The molecule has 3 aromatic carbocycles. The summed E-state index contributed by atoms with van der Waals surface area (Å²) in [5, 5.41) is 3.92. The second-order valence-corrected chi connectivity index (χ2v) is 13.2. The highest BCUT2D eigenvalue weighted by atomic mass is 35.5. The Balaban J connectivity index is 2.13. The minimum Gasteiger partial charge on any atom is -0.352 e. The van der Waals surface area contributed by atoms with Crippen LogP contribution in [-0.4, -0.2) is 50.0 Å². The van der Waals surface area contributed by atoms with Crippen molar-refractivity contribution in [3.63, 3.8) is 0 Å². The molecule has 0 saturated carbocycles. The van der Waals surface area contributed by atoms with Gasteiger partial charge in [-0.25, -0.2) is 8.42 Å². The molecule has 0 aliphatic carbocycles. The van der Waals surface area contributed by atoms with Crippen molar-refractivity contribution in [1.29, 1.82) is 0 Å². The molecule has 3 rings (SSSR count). The molecule has 0 aromatic heterocycles. The first-order chi connectivity index (χ1) is 19.3. The molecule has 0 aliphatic heterocycles. The Morgan fingerprint density at radius 2 is 1.54 bits per heavy atom. The number of rotatable bonds is 12. The summed E-state index contributed by atoms with van der Waals surface area (Å²) < 4.78 is 26.7. The smallest absolute Gasteiger partial charge is 0.244 e. The van der Waals surface area contributed by atoms with Gasteiger partial charge in [-0.05, 0) is 49.2 Å². The molecule has 0 unspecified atom stereocenters. The summed E-state index contributed by atoms with van der Waals surface area (Å²) in [5.74, 6) is -1.05. The standard InChI is InChI=1S/C29H31Cl4N3O4S/c1-4-19(2)34-29(38)27(15-20-9-6-5-7-10-20)35(17-22-23(31)11-8-12-24(22)32)28(37)18-36(41(3,39)40)26-14-13-21(30)16-25(26)33/h5-14,16,19,27H,4,15,17-18H2,1-3H3,(H,34,38)/t19-,27+/m1/s1. The van der Waals surface area contributed by atoms with Crippen LogP contribution in [0, 0.1) is 0 Å². The summed E-state index contributed by atoms with van der Waals surface area (Å²) in [4.78, 5) is 29.2. The summed E-state index contributed by atoms with van der Waals surface area (Å²) in [7, 11) is -3.99. The Morgan fingerprint density at radius 3 is 2.10 bits per heavy atom. The van der Waals surface area contributed by atoms with E-state index >= 15 is 0 Å². The third kappa shape index (κ3) is 9.00. The fourth-order valence-corrected chi connectivity index (χ4v) is 6.07. The molecule has 0 fully saturated rings. The predicted octanol–water partition coefficient (Wildman–Crippen LogP) is 6.62. The molecule has 1 N–H and O–H groups in total. The molecule has 41 heavy (non-hydrogen) atoms. The average molecular weight is 659 g/mol. The van der Waals surface area contributed by atoms with Crippen molar-refractivity contribution < 1.29 is 18.0 Å². The number of halogens is 4. The number of carbonyl (C=O) groups excluding carboxylic acids is 2. The van der Waals surface area contributed by atoms with Crippen LogP contribution in [0.1, 0.15) is 31.4 Å². The number of sulfonamides is 1. The topological polar surface area (TPSA) is 86.8 Å². The van der Waals surface area contributed by atoms with Crippen LogP contribution in [0.3, 0.4) is 0 Å². The largest absolute Gasteiger partial charge is 0.352 e. The van der Waals surface area contributed by atoms with E-state index in [1.54, 1.807) is 18.2 Å². The third-order valence-corrected chi connectivity index (χ3v) is 8.89. The summed E-state index contributed by atoms with van der Waals surface area (Å²) in [6.45, 7) is 3.02. The number of hydrogen-bond acceptors (Lipinski definition) is 4. The van der Waals surface area contributed by atoms with Gasteiger partial charge in [0, 0.05) is 39.6 Å². The Hall–Kier alpha value is -2.49. The van der Waals surface area contributed by atoms with Crippen LogP contribution < -0.4 is 9.62 Å². The van der Waals surface area contributed by atoms with Crippen LogP contribution in [-0.2, 0) is 32.6 Å². The van der Waals surface area contributed by atoms with E-state index in [2.05, 4.69) is 5.32 Å². The van der Waals surface area contributed by atoms with Gasteiger partial charge >= 0.3 is 0 Å². The van der Waals surface area contributed by atoms with Gasteiger partial charge in [0.25, 0.3) is 0 Å². The third-order valence-electron chi connectivity index (χ3n) is 6.52. The number of anilines is 1. The number of nitrogens with zero attached hydrogens (tertiary/aromatic N) is 2. The molecule has 7 nitrogen and oxygen atoms in total. The van der Waals surface area contributed by atoms with E-state index in [1.807, 2.05) is 44.2 Å². The molecule has 0 radical (unpaired) electrons. The predicted molar refractivity (Wildman–Crippen MR) is 167 cm³/mol. The highest BCUT2D eigenvalue weighted by Gasteiger charge is 2.34. The van der Waals surface area contributed by atoms with Crippen molar-refractivity contribution in [1.82, 2.24) is 10.2 Å². The molecule has 2 atom stereocenters. The second kappa shape index (κ2) is 14.6. The van der Waals surface area contributed by atoms with E-state index in [0.29, 0.717) is 27.1 Å². The van der Waals surface area contributed by atoms with Gasteiger partial charge in [0.05, 0.1) is 17.0 Å². The first kappa shape index (κ1) is 33.0. The van der Waals surface area contributed by atoms with E-state index < -0.39 is 34.4 Å². The van der Waals surface area contributed by atoms with Crippen molar-refractivity contribution in [2.75, 3.05) is 17.1 Å². The van der Waals surface area contributed by atoms with Crippen LogP contribution in [0.15, 0.2) is 66.7 Å². The maximum atomic E-state index is 14.2. The first-order valence-electron chi connectivity index (χ1n) is 12.8. The van der Waals surface area contributed by atoms with Gasteiger partial charge in [-0.3, -0.25) is 13.9 Å². The van der Waals surface area contributed by atoms with Gasteiger partial charge in [-0.15, -0.1) is 0 Å². The maximum Gasteiger partial charge on any atom is 0.244 e. The number of carbonyl (C=O) groups is 2. The van der Waals surface area contributed by atoms with Crippen molar-refractivity contribution >= 4 is 73.9 Å². The number of hydrogen-bond donors (Lipinski definition) is 1. The monoisotopic (exact) mass is 657 g/mol. The molecule has 0 saturated heterocycles. The Bertz CT molecular complexity index is 1470. The molecule has 220 valence electrons. The molecule has 12 heteroatoms. The Kier molecular flexibility index (Phi) is 11.8. The average Bonchev–Trinajstić information content (AvgIpc) is 2.90. The van der Waals surface area contributed by atoms with Crippen molar-refractivity contribution in [3.05, 3.63) is 97.9 Å². The van der Waals surface area contributed by atoms with Gasteiger partial charge < -0.3 is 10.2 Å². The molecular weight excluding hydrogens is 628 g/mol. The quantitative estimate of drug-likeness (QED) is 0.237. The minimum atomic E-state index is -3.99. The van der Waals surface area contributed by atoms with Crippen LogP contribution in [0.25, 0.3) is 0 Å². The SMILES string of the molecule is CC[C@@H](C)NC(=O)[C@H](Cc1ccccc1)N(Cc1c(Cl)cccc1Cl)C(=O)CN(c1ccc(Cl)cc1Cl)S(C)(=O)=O. The van der Waals surface area contributed by atoms with Crippen LogP contribution >= 0.6 is 46.4 Å². The van der Waals surface area contributed by atoms with E-state index in [4.69, 9.17) is 46.4 Å². The molecule has 0 bridgehead atoms. The summed E-state index contributed by atoms with van der Waals surface area (Å²) >= 11 is 25.3. The number of benzene rings is 3. The maximum absolute atomic E-state index is 14.2. The highest BCUT2D eigenvalue weighted by Crippen LogP contribution is 2.31. The second-order valence-electron chi connectivity index (χ2n) is 9.61. The molecule has 0 heterocycles. The van der Waals surface area contributed by atoms with Gasteiger partial charge in [0.2, 0.25) is 21.8 Å². The van der Waals surface area contributed by atoms with Crippen LogP contribution in [0.4, 0.5) is 5.69 Å². The Labute approximate surface area is 261 Å². The normalized spacial score (nSPS) is 12.9. The van der Waals surface area contributed by atoms with Crippen molar-refractivity contribution in [3.8, 4) is 0 Å². The highest BCUT2D eigenvalue weighted by molar-refractivity contribution is 7.92. The Morgan fingerprint density at radius 1 is 0.902 bits per heavy atom. The lowest BCUT2D eigenvalue weighted by Crippen LogP contribution is -2.54. The van der Waals surface area contributed by atoms with E-state index in [1.165, 1.54) is 23.1 Å². The van der Waals surface area contributed by atoms with Gasteiger partial charge in [-0.2, -0.15) is 0 Å². The summed E-state index contributed by atoms with van der Waals surface area (Å²) in [6, 6.07) is 17.3. The van der Waals surface area contributed by atoms with Crippen molar-refractivity contribution in [2.24, 2.45) is 0 Å². The molecule has 0 spiro atoms. The summed E-state index contributed by atoms with van der Waals surface area (Å²) in [6.07, 6.45) is 1.81. The number of amides is 2. The van der Waals surface area contributed by atoms with Gasteiger partial charge in [-0.1, -0.05) is 89.7 Å². The molecule has 0 aliphatic rings. The minimum absolute atomic E-state index is 0.0479. The van der Waals surface area contributed by atoms with E-state index in [-0.39, 0.29) is 29.7 Å². The fourth-order valence-electron chi connectivity index (χ4n) is 4.13. The molecular formula is C29H31Cl4N3O4S. The molecule has 2 amide bonds. The first-order valence-corrected chi connectivity index (χ1v) is 16.2. The van der Waals surface area contributed by atoms with Gasteiger partial charge in [0.1, 0.15) is 12.6 Å². The summed E-state index contributed by atoms with van der Waals surface area (Å²) in [5.41, 5.74) is 1.31. The van der Waals surface area contributed by atoms with Crippen LogP contribution in [0.5, 0.6) is 0 Å². The van der Waals surface area contributed by atoms with Gasteiger partial charge in [0.15, 0.2) is 0 Å². The molecule has 3 aromatic rings. The lowest BCUT2D eigenvalue weighted by atomic mass is 10.0. The lowest BCUT2D eigenvalue weighted by molar-refractivity contribution is -0.140. The fraction of sp³-hybridized carbons (Fsp3) is 0.310. The van der Waals surface area contributed by atoms with E-state index in [9.17, 15) is 18.0 Å². The van der Waals surface area contributed by atoms with Crippen LogP contribution in [0.2, 0.25) is 20.1 Å². The van der Waals surface area contributed by atoms with Crippen molar-refractivity contribution in [2.45, 2.75) is 45.3 Å². The zero-order valence-corrected chi connectivity index (χ0v) is 26.6. The zero-order chi connectivity index (χ0) is 30.3. The zero-order valence-electron chi connectivity index (χ0n) is 22.8. The lowest BCUT2D eigenvalue weighted by Gasteiger charge is -2.34. The number of nitrogens with one attached hydrogen (secondary N) is 1.